The topological polar surface area (TPSA) is 75.2 Å². The third-order valence-corrected chi connectivity index (χ3v) is 6.67. The van der Waals surface area contributed by atoms with Crippen LogP contribution in [0.2, 0.25) is 0 Å². The van der Waals surface area contributed by atoms with E-state index in [1.54, 1.807) is 25.1 Å². The van der Waals surface area contributed by atoms with Crippen molar-refractivity contribution < 1.29 is 4.79 Å². The molecule has 136 valence electrons. The highest BCUT2D eigenvalue weighted by molar-refractivity contribution is 5.98. The molecular formula is C20H23N3O3. The van der Waals surface area contributed by atoms with Gasteiger partial charge in [0.1, 0.15) is 0 Å². The average molecular weight is 353 g/mol. The van der Waals surface area contributed by atoms with Gasteiger partial charge in [0, 0.05) is 30.1 Å². The first-order valence-electron chi connectivity index (χ1n) is 9.62. The lowest BCUT2D eigenvalue weighted by atomic mass is 9.56. The number of aromatic amines is 1. The normalized spacial score (nSPS) is 23.7. The van der Waals surface area contributed by atoms with Gasteiger partial charge < -0.3 is 9.88 Å². The summed E-state index contributed by atoms with van der Waals surface area (Å²) >= 11 is 0. The Kier molecular flexibility index (Phi) is 3.24. The van der Waals surface area contributed by atoms with Crippen LogP contribution in [0.25, 0.3) is 10.9 Å². The molecule has 1 aromatic heterocycles. The van der Waals surface area contributed by atoms with E-state index in [4.69, 9.17) is 0 Å². The molecule has 0 radical (unpaired) electrons. The van der Waals surface area contributed by atoms with E-state index in [1.165, 1.54) is 36.7 Å². The van der Waals surface area contributed by atoms with E-state index in [0.717, 1.165) is 6.54 Å². The number of nitrogens with one attached hydrogen (secondary N) is 1. The number of likely N-dealkylation sites (tertiary alicyclic amines) is 1. The van der Waals surface area contributed by atoms with Gasteiger partial charge in [0.05, 0.1) is 10.9 Å². The molecule has 2 saturated carbocycles. The molecule has 1 N–H and O–H groups in total. The van der Waals surface area contributed by atoms with Crippen LogP contribution in [-0.2, 0) is 6.54 Å². The molecule has 1 unspecified atom stereocenters. The molecule has 2 aromatic rings. The SMILES string of the molecule is CCn1c(=O)[nH]c2cc(C(=O)N3CC4(CCC4)C3C3CC3)ccc2c1=O. The lowest BCUT2D eigenvalue weighted by molar-refractivity contribution is -0.111. The van der Waals surface area contributed by atoms with Gasteiger partial charge in [-0.25, -0.2) is 4.79 Å². The van der Waals surface area contributed by atoms with Crippen molar-refractivity contribution in [2.75, 3.05) is 6.54 Å². The predicted molar refractivity (Wildman–Crippen MR) is 98.3 cm³/mol. The fourth-order valence-electron chi connectivity index (χ4n) is 5.04. The largest absolute Gasteiger partial charge is 0.334 e. The molecule has 26 heavy (non-hydrogen) atoms. The molecule has 1 amide bonds. The Morgan fingerprint density at radius 2 is 2.04 bits per heavy atom. The molecular weight excluding hydrogens is 330 g/mol. The van der Waals surface area contributed by atoms with E-state index in [1.807, 2.05) is 4.90 Å². The number of rotatable bonds is 3. The van der Waals surface area contributed by atoms with Gasteiger partial charge in [-0.05, 0) is 56.7 Å². The standard InChI is InChI=1S/C20H23N3O3/c1-2-22-18(25)14-7-6-13(10-15(14)21-19(22)26)17(24)23-11-20(8-3-9-20)16(23)12-4-5-12/h6-7,10,12,16H,2-5,8-9,11H2,1H3,(H,21,26). The summed E-state index contributed by atoms with van der Waals surface area (Å²) in [6, 6.07) is 5.44. The van der Waals surface area contributed by atoms with Crippen LogP contribution in [-0.4, -0.2) is 32.9 Å². The Morgan fingerprint density at radius 1 is 1.27 bits per heavy atom. The van der Waals surface area contributed by atoms with Crippen LogP contribution in [0.1, 0.15) is 49.4 Å². The maximum atomic E-state index is 13.1. The molecule has 1 aliphatic heterocycles. The van der Waals surface area contributed by atoms with Gasteiger partial charge in [0.15, 0.2) is 0 Å². The van der Waals surface area contributed by atoms with Crippen molar-refractivity contribution in [2.24, 2.45) is 11.3 Å². The van der Waals surface area contributed by atoms with Gasteiger partial charge in [-0.2, -0.15) is 0 Å². The first kappa shape index (κ1) is 15.9. The summed E-state index contributed by atoms with van der Waals surface area (Å²) in [5.41, 5.74) is 0.650. The van der Waals surface area contributed by atoms with E-state index >= 15 is 0 Å². The van der Waals surface area contributed by atoms with E-state index in [2.05, 4.69) is 4.98 Å². The second kappa shape index (κ2) is 5.32. The molecule has 1 atom stereocenters. The van der Waals surface area contributed by atoms with Crippen molar-refractivity contribution in [1.29, 1.82) is 0 Å². The molecule has 0 bridgehead atoms. The van der Waals surface area contributed by atoms with Crippen molar-refractivity contribution in [3.8, 4) is 0 Å². The third kappa shape index (κ3) is 2.07. The molecule has 5 rings (SSSR count). The number of hydrogen-bond donors (Lipinski definition) is 1. The number of nitrogens with zero attached hydrogens (tertiary/aromatic N) is 2. The number of carbonyl (C=O) groups is 1. The summed E-state index contributed by atoms with van der Waals surface area (Å²) in [6.45, 7) is 2.95. The fourth-order valence-corrected chi connectivity index (χ4v) is 5.04. The van der Waals surface area contributed by atoms with Gasteiger partial charge in [-0.15, -0.1) is 0 Å². The van der Waals surface area contributed by atoms with Crippen molar-refractivity contribution in [3.05, 3.63) is 44.6 Å². The zero-order valence-electron chi connectivity index (χ0n) is 15.0. The molecule has 1 saturated heterocycles. The number of hydrogen-bond acceptors (Lipinski definition) is 3. The lowest BCUT2D eigenvalue weighted by Crippen LogP contribution is -2.69. The number of carbonyl (C=O) groups excluding carboxylic acids is 1. The van der Waals surface area contributed by atoms with Gasteiger partial charge in [0.2, 0.25) is 0 Å². The second-order valence-electron chi connectivity index (χ2n) is 8.17. The van der Waals surface area contributed by atoms with Crippen LogP contribution in [0.15, 0.2) is 27.8 Å². The number of amides is 1. The van der Waals surface area contributed by atoms with E-state index in [0.29, 0.717) is 40.4 Å². The zero-order valence-corrected chi connectivity index (χ0v) is 15.0. The van der Waals surface area contributed by atoms with E-state index in [-0.39, 0.29) is 11.5 Å². The minimum atomic E-state index is -0.428. The summed E-state index contributed by atoms with van der Waals surface area (Å²) in [4.78, 5) is 42.3. The minimum absolute atomic E-state index is 0.0295. The first-order chi connectivity index (χ1) is 12.5. The predicted octanol–water partition coefficient (Wildman–Crippen LogP) is 2.11. The van der Waals surface area contributed by atoms with Crippen LogP contribution in [0.5, 0.6) is 0 Å². The van der Waals surface area contributed by atoms with E-state index < -0.39 is 5.69 Å². The molecule has 2 aliphatic carbocycles. The first-order valence-corrected chi connectivity index (χ1v) is 9.62. The number of benzene rings is 1. The van der Waals surface area contributed by atoms with Gasteiger partial charge in [-0.3, -0.25) is 14.2 Å². The monoisotopic (exact) mass is 353 g/mol. The average Bonchev–Trinajstić information content (AvgIpc) is 3.36. The molecule has 3 fully saturated rings. The van der Waals surface area contributed by atoms with Crippen LogP contribution >= 0.6 is 0 Å². The Labute approximate surface area is 150 Å². The fraction of sp³-hybridized carbons (Fsp3) is 0.550. The Morgan fingerprint density at radius 3 is 2.65 bits per heavy atom. The Bertz CT molecular complexity index is 1030. The maximum Gasteiger partial charge on any atom is 0.328 e. The lowest BCUT2D eigenvalue weighted by Gasteiger charge is -2.63. The molecule has 2 heterocycles. The van der Waals surface area contributed by atoms with Crippen molar-refractivity contribution in [1.82, 2.24) is 14.5 Å². The van der Waals surface area contributed by atoms with Crippen molar-refractivity contribution in [3.63, 3.8) is 0 Å². The molecule has 3 aliphatic rings. The molecule has 6 nitrogen and oxygen atoms in total. The summed E-state index contributed by atoms with van der Waals surface area (Å²) in [5.74, 6) is 0.701. The van der Waals surface area contributed by atoms with Crippen molar-refractivity contribution >= 4 is 16.8 Å². The third-order valence-electron chi connectivity index (χ3n) is 6.67. The van der Waals surface area contributed by atoms with Crippen LogP contribution in [0, 0.1) is 11.3 Å². The smallest absolute Gasteiger partial charge is 0.328 e. The molecule has 6 heteroatoms. The maximum absolute atomic E-state index is 13.1. The van der Waals surface area contributed by atoms with Crippen LogP contribution in [0.4, 0.5) is 0 Å². The zero-order chi connectivity index (χ0) is 18.1. The summed E-state index contributed by atoms with van der Waals surface area (Å²) in [7, 11) is 0. The summed E-state index contributed by atoms with van der Waals surface area (Å²) in [5, 5.41) is 0.445. The van der Waals surface area contributed by atoms with Gasteiger partial charge >= 0.3 is 5.69 Å². The van der Waals surface area contributed by atoms with Gasteiger partial charge in [-0.1, -0.05) is 6.42 Å². The second-order valence-corrected chi connectivity index (χ2v) is 8.17. The van der Waals surface area contributed by atoms with Crippen LogP contribution in [0.3, 0.4) is 0 Å². The Hall–Kier alpha value is -2.37. The molecule has 1 spiro atoms. The highest BCUT2D eigenvalue weighted by atomic mass is 16.2. The summed E-state index contributed by atoms with van der Waals surface area (Å²) < 4.78 is 1.17. The Balaban J connectivity index is 1.50. The van der Waals surface area contributed by atoms with Crippen molar-refractivity contribution in [2.45, 2.75) is 51.6 Å². The molecule has 1 aromatic carbocycles. The van der Waals surface area contributed by atoms with E-state index in [9.17, 15) is 14.4 Å². The number of aromatic nitrogens is 2. The van der Waals surface area contributed by atoms with Crippen LogP contribution < -0.4 is 11.2 Å². The highest BCUT2D eigenvalue weighted by Gasteiger charge is 2.61. The number of fused-ring (bicyclic) bond motifs is 1. The quantitative estimate of drug-likeness (QED) is 0.918. The summed E-state index contributed by atoms with van der Waals surface area (Å²) in [6.07, 6.45) is 6.25. The number of H-pyrrole nitrogens is 1. The highest BCUT2D eigenvalue weighted by Crippen LogP contribution is 2.59. The minimum Gasteiger partial charge on any atom is -0.334 e. The van der Waals surface area contributed by atoms with Gasteiger partial charge in [0.25, 0.3) is 11.5 Å².